The molecule has 0 saturated heterocycles. The van der Waals surface area contributed by atoms with Gasteiger partial charge in [0.05, 0.1) is 0 Å². The molecule has 0 spiro atoms. The van der Waals surface area contributed by atoms with E-state index >= 15 is 0 Å². The summed E-state index contributed by atoms with van der Waals surface area (Å²) in [5.41, 5.74) is 1.70. The van der Waals surface area contributed by atoms with Gasteiger partial charge in [-0.15, -0.1) is 11.3 Å². The first-order valence-corrected chi connectivity index (χ1v) is 9.03. The fraction of sp³-hybridized carbons (Fsp3) is 0.444. The standard InChI is InChI=1S/C18H22N2O2S/c1-13-7-9-15(10-8-13)22-11-17-20-16(12-23-17)18(21)19-14-5-3-2-4-6-14/h7-10,12,14H,2-6,11H2,1H3,(H,19,21). The van der Waals surface area contributed by atoms with Crippen LogP contribution in [0.3, 0.4) is 0 Å². The molecule has 4 nitrogen and oxygen atoms in total. The number of hydrogen-bond acceptors (Lipinski definition) is 4. The summed E-state index contributed by atoms with van der Waals surface area (Å²) in [4.78, 5) is 16.6. The molecule has 0 aliphatic heterocycles. The number of aryl methyl sites for hydroxylation is 1. The van der Waals surface area contributed by atoms with Crippen LogP contribution in [-0.2, 0) is 6.61 Å². The number of carbonyl (C=O) groups excluding carboxylic acids is 1. The number of aromatic nitrogens is 1. The number of thiazole rings is 1. The number of nitrogens with zero attached hydrogens (tertiary/aromatic N) is 1. The van der Waals surface area contributed by atoms with E-state index in [9.17, 15) is 4.79 Å². The van der Waals surface area contributed by atoms with Gasteiger partial charge in [0.1, 0.15) is 23.1 Å². The van der Waals surface area contributed by atoms with Crippen molar-refractivity contribution in [3.63, 3.8) is 0 Å². The first-order valence-electron chi connectivity index (χ1n) is 8.15. The van der Waals surface area contributed by atoms with Gasteiger partial charge in [0.25, 0.3) is 5.91 Å². The van der Waals surface area contributed by atoms with Crippen LogP contribution in [0, 0.1) is 6.92 Å². The first kappa shape index (κ1) is 16.0. The number of ether oxygens (including phenoxy) is 1. The normalized spacial score (nSPS) is 15.3. The Kier molecular flexibility index (Phi) is 5.28. The Morgan fingerprint density at radius 2 is 2.00 bits per heavy atom. The second-order valence-electron chi connectivity index (χ2n) is 6.04. The Balaban J connectivity index is 1.52. The lowest BCUT2D eigenvalue weighted by atomic mass is 9.95. The number of benzene rings is 1. The van der Waals surface area contributed by atoms with Crippen LogP contribution in [0.2, 0.25) is 0 Å². The monoisotopic (exact) mass is 330 g/mol. The molecule has 1 aromatic carbocycles. The summed E-state index contributed by atoms with van der Waals surface area (Å²) in [6.07, 6.45) is 5.86. The molecule has 1 N–H and O–H groups in total. The maximum Gasteiger partial charge on any atom is 0.270 e. The van der Waals surface area contributed by atoms with Gasteiger partial charge in [-0.3, -0.25) is 4.79 Å². The van der Waals surface area contributed by atoms with E-state index in [1.807, 2.05) is 36.6 Å². The van der Waals surface area contributed by atoms with Crippen molar-refractivity contribution < 1.29 is 9.53 Å². The Morgan fingerprint density at radius 3 is 2.74 bits per heavy atom. The smallest absolute Gasteiger partial charge is 0.270 e. The Morgan fingerprint density at radius 1 is 1.26 bits per heavy atom. The Bertz CT molecular complexity index is 645. The van der Waals surface area contributed by atoms with Crippen molar-refractivity contribution in [2.24, 2.45) is 0 Å². The maximum absolute atomic E-state index is 12.2. The van der Waals surface area contributed by atoms with Gasteiger partial charge in [0.15, 0.2) is 0 Å². The van der Waals surface area contributed by atoms with Gasteiger partial charge in [0, 0.05) is 11.4 Å². The molecule has 2 aromatic rings. The van der Waals surface area contributed by atoms with Gasteiger partial charge in [-0.1, -0.05) is 37.0 Å². The molecule has 1 saturated carbocycles. The zero-order chi connectivity index (χ0) is 16.1. The quantitative estimate of drug-likeness (QED) is 0.898. The van der Waals surface area contributed by atoms with Crippen LogP contribution in [0.25, 0.3) is 0 Å². The molecule has 3 rings (SSSR count). The minimum Gasteiger partial charge on any atom is -0.486 e. The predicted octanol–water partition coefficient (Wildman–Crippen LogP) is 4.09. The van der Waals surface area contributed by atoms with Crippen LogP contribution in [0.5, 0.6) is 5.75 Å². The molecule has 0 bridgehead atoms. The zero-order valence-electron chi connectivity index (χ0n) is 13.4. The van der Waals surface area contributed by atoms with Gasteiger partial charge < -0.3 is 10.1 Å². The summed E-state index contributed by atoms with van der Waals surface area (Å²) in [5, 5.41) is 5.72. The average Bonchev–Trinajstić information content (AvgIpc) is 3.04. The lowest BCUT2D eigenvalue weighted by Crippen LogP contribution is -2.36. The number of carbonyl (C=O) groups is 1. The highest BCUT2D eigenvalue weighted by molar-refractivity contribution is 7.09. The van der Waals surface area contributed by atoms with E-state index in [0.717, 1.165) is 23.6 Å². The predicted molar refractivity (Wildman–Crippen MR) is 92.0 cm³/mol. The van der Waals surface area contributed by atoms with E-state index in [0.29, 0.717) is 18.3 Å². The lowest BCUT2D eigenvalue weighted by Gasteiger charge is -2.22. The molecule has 0 radical (unpaired) electrons. The van der Waals surface area contributed by atoms with Crippen molar-refractivity contribution in [2.45, 2.75) is 51.7 Å². The molecule has 1 aliphatic carbocycles. The maximum atomic E-state index is 12.2. The van der Waals surface area contributed by atoms with E-state index in [1.54, 1.807) is 0 Å². The highest BCUT2D eigenvalue weighted by atomic mass is 32.1. The second kappa shape index (κ2) is 7.59. The minimum absolute atomic E-state index is 0.0604. The van der Waals surface area contributed by atoms with Crippen molar-refractivity contribution in [1.29, 1.82) is 0 Å². The second-order valence-corrected chi connectivity index (χ2v) is 6.98. The molecule has 1 aliphatic rings. The number of hydrogen-bond donors (Lipinski definition) is 1. The minimum atomic E-state index is -0.0604. The molecule has 0 atom stereocenters. The van der Waals surface area contributed by atoms with Gasteiger partial charge in [-0.25, -0.2) is 4.98 Å². The fourth-order valence-electron chi connectivity index (χ4n) is 2.77. The molecule has 1 amide bonds. The molecule has 1 fully saturated rings. The van der Waals surface area contributed by atoms with Crippen molar-refractivity contribution >= 4 is 17.2 Å². The van der Waals surface area contributed by atoms with Crippen LogP contribution in [0.15, 0.2) is 29.6 Å². The molecule has 23 heavy (non-hydrogen) atoms. The third kappa shape index (κ3) is 4.55. The van der Waals surface area contributed by atoms with Gasteiger partial charge in [0.2, 0.25) is 0 Å². The summed E-state index contributed by atoms with van der Waals surface area (Å²) in [6.45, 7) is 2.44. The molecule has 0 unspecified atom stereocenters. The topological polar surface area (TPSA) is 51.2 Å². The third-order valence-electron chi connectivity index (χ3n) is 4.11. The van der Waals surface area contributed by atoms with Gasteiger partial charge >= 0.3 is 0 Å². The van der Waals surface area contributed by atoms with E-state index in [2.05, 4.69) is 10.3 Å². The SMILES string of the molecule is Cc1ccc(OCc2nc(C(=O)NC3CCCCC3)cs2)cc1. The molecular formula is C18H22N2O2S. The van der Waals surface area contributed by atoms with E-state index in [1.165, 1.54) is 36.2 Å². The third-order valence-corrected chi connectivity index (χ3v) is 4.93. The van der Waals surface area contributed by atoms with Crippen LogP contribution in [0.1, 0.15) is 53.2 Å². The van der Waals surface area contributed by atoms with Crippen LogP contribution >= 0.6 is 11.3 Å². The molecule has 1 heterocycles. The first-order chi connectivity index (χ1) is 11.2. The van der Waals surface area contributed by atoms with Crippen LogP contribution < -0.4 is 10.1 Å². The summed E-state index contributed by atoms with van der Waals surface area (Å²) >= 11 is 1.47. The van der Waals surface area contributed by atoms with Crippen LogP contribution in [-0.4, -0.2) is 16.9 Å². The molecule has 1 aromatic heterocycles. The molecule has 122 valence electrons. The summed E-state index contributed by atoms with van der Waals surface area (Å²) in [5.74, 6) is 0.758. The Labute approximate surface area is 140 Å². The highest BCUT2D eigenvalue weighted by Crippen LogP contribution is 2.19. The van der Waals surface area contributed by atoms with Crippen molar-refractivity contribution in [1.82, 2.24) is 10.3 Å². The van der Waals surface area contributed by atoms with Gasteiger partial charge in [-0.05, 0) is 31.9 Å². The van der Waals surface area contributed by atoms with Crippen molar-refractivity contribution in [2.75, 3.05) is 0 Å². The summed E-state index contributed by atoms with van der Waals surface area (Å²) < 4.78 is 5.71. The lowest BCUT2D eigenvalue weighted by molar-refractivity contribution is 0.0923. The average molecular weight is 330 g/mol. The fourth-order valence-corrected chi connectivity index (χ4v) is 3.45. The number of rotatable bonds is 5. The summed E-state index contributed by atoms with van der Waals surface area (Å²) in [6, 6.07) is 8.23. The van der Waals surface area contributed by atoms with Gasteiger partial charge in [-0.2, -0.15) is 0 Å². The largest absolute Gasteiger partial charge is 0.486 e. The van der Waals surface area contributed by atoms with Crippen molar-refractivity contribution in [3.8, 4) is 5.75 Å². The summed E-state index contributed by atoms with van der Waals surface area (Å²) in [7, 11) is 0. The van der Waals surface area contributed by atoms with E-state index < -0.39 is 0 Å². The van der Waals surface area contributed by atoms with Crippen molar-refractivity contribution in [3.05, 3.63) is 45.9 Å². The zero-order valence-corrected chi connectivity index (χ0v) is 14.2. The highest BCUT2D eigenvalue weighted by Gasteiger charge is 2.18. The van der Waals surface area contributed by atoms with Crippen LogP contribution in [0.4, 0.5) is 0 Å². The Hall–Kier alpha value is -1.88. The number of nitrogens with one attached hydrogen (secondary N) is 1. The van der Waals surface area contributed by atoms with E-state index in [4.69, 9.17) is 4.74 Å². The molecule has 5 heteroatoms. The van der Waals surface area contributed by atoms with E-state index in [-0.39, 0.29) is 5.91 Å². The molecular weight excluding hydrogens is 308 g/mol. The number of amides is 1.